The second kappa shape index (κ2) is 6.53. The number of hydrogen-bond donors (Lipinski definition) is 0. The molecule has 1 aromatic carbocycles. The summed E-state index contributed by atoms with van der Waals surface area (Å²) in [6.45, 7) is 8.56. The molecule has 0 fully saturated rings. The van der Waals surface area contributed by atoms with Crippen LogP contribution in [0.25, 0.3) is 0 Å². The fourth-order valence-corrected chi connectivity index (χ4v) is 2.18. The van der Waals surface area contributed by atoms with Crippen molar-refractivity contribution in [3.63, 3.8) is 0 Å². The van der Waals surface area contributed by atoms with Crippen LogP contribution in [0.3, 0.4) is 0 Å². The smallest absolute Gasteiger partial charge is 0.229 e. The molecule has 0 N–H and O–H groups in total. The molecule has 21 heavy (non-hydrogen) atoms. The van der Waals surface area contributed by atoms with Crippen molar-refractivity contribution in [2.45, 2.75) is 34.2 Å². The lowest BCUT2D eigenvalue weighted by Gasteiger charge is -2.25. The summed E-state index contributed by atoms with van der Waals surface area (Å²) in [5.74, 6) is 0.0883. The zero-order chi connectivity index (χ0) is 15.4. The van der Waals surface area contributed by atoms with Crippen LogP contribution in [0, 0.1) is 19.8 Å². The number of nitrogens with zero attached hydrogens (tertiary/aromatic N) is 2. The van der Waals surface area contributed by atoms with Gasteiger partial charge in [-0.15, -0.1) is 0 Å². The number of hydrogen-bond acceptors (Lipinski definition) is 2. The van der Waals surface area contributed by atoms with Crippen molar-refractivity contribution in [1.82, 2.24) is 4.98 Å². The fourth-order valence-electron chi connectivity index (χ4n) is 2.18. The summed E-state index contributed by atoms with van der Waals surface area (Å²) in [4.78, 5) is 18.5. The maximum atomic E-state index is 12.5. The van der Waals surface area contributed by atoms with Crippen LogP contribution in [0.15, 0.2) is 42.7 Å². The highest BCUT2D eigenvalue weighted by molar-refractivity contribution is 5.94. The van der Waals surface area contributed by atoms with Crippen LogP contribution in [0.2, 0.25) is 0 Å². The van der Waals surface area contributed by atoms with E-state index in [1.54, 1.807) is 6.20 Å². The molecule has 1 amide bonds. The number of pyridine rings is 1. The molecule has 0 saturated heterocycles. The summed E-state index contributed by atoms with van der Waals surface area (Å²) in [5.41, 5.74) is 4.41. The monoisotopic (exact) mass is 282 g/mol. The quantitative estimate of drug-likeness (QED) is 0.852. The molecule has 0 aliphatic carbocycles. The van der Waals surface area contributed by atoms with E-state index < -0.39 is 0 Å². The Balaban J connectivity index is 2.36. The summed E-state index contributed by atoms with van der Waals surface area (Å²) in [5, 5.41) is 0. The number of carbonyl (C=O) groups excluding carboxylic acids is 1. The van der Waals surface area contributed by atoms with E-state index in [-0.39, 0.29) is 11.8 Å². The standard InChI is InChI=1S/C18H22N2O/c1-13(2)18(21)20(12-16-6-5-9-19-11-16)17-8-7-14(3)15(4)10-17/h5-11,13H,12H2,1-4H3. The number of aryl methyl sites for hydroxylation is 2. The Labute approximate surface area is 126 Å². The summed E-state index contributed by atoms with van der Waals surface area (Å²) in [7, 11) is 0. The summed E-state index contributed by atoms with van der Waals surface area (Å²) >= 11 is 0. The van der Waals surface area contributed by atoms with Crippen molar-refractivity contribution in [2.75, 3.05) is 4.90 Å². The zero-order valence-electron chi connectivity index (χ0n) is 13.1. The van der Waals surface area contributed by atoms with Gasteiger partial charge < -0.3 is 4.90 Å². The highest BCUT2D eigenvalue weighted by Gasteiger charge is 2.19. The largest absolute Gasteiger partial charge is 0.308 e. The Hall–Kier alpha value is -2.16. The molecule has 0 aliphatic rings. The summed E-state index contributed by atoms with van der Waals surface area (Å²) in [6.07, 6.45) is 3.55. The number of aromatic nitrogens is 1. The van der Waals surface area contributed by atoms with Crippen molar-refractivity contribution in [1.29, 1.82) is 0 Å². The third kappa shape index (κ3) is 3.69. The van der Waals surface area contributed by atoms with Crippen molar-refractivity contribution in [3.05, 3.63) is 59.4 Å². The lowest BCUT2D eigenvalue weighted by molar-refractivity contribution is -0.121. The van der Waals surface area contributed by atoms with Gasteiger partial charge in [-0.05, 0) is 48.7 Å². The van der Waals surface area contributed by atoms with Gasteiger partial charge >= 0.3 is 0 Å². The first kappa shape index (κ1) is 15.2. The minimum absolute atomic E-state index is 0.0386. The third-order valence-electron chi connectivity index (χ3n) is 3.63. The molecule has 0 aliphatic heterocycles. The number of amides is 1. The van der Waals surface area contributed by atoms with Crippen LogP contribution in [0.5, 0.6) is 0 Å². The topological polar surface area (TPSA) is 33.2 Å². The molecule has 2 rings (SSSR count). The molecule has 3 nitrogen and oxygen atoms in total. The van der Waals surface area contributed by atoms with Crippen molar-refractivity contribution in [2.24, 2.45) is 5.92 Å². The predicted molar refractivity (Wildman–Crippen MR) is 86.2 cm³/mol. The van der Waals surface area contributed by atoms with Crippen LogP contribution < -0.4 is 4.90 Å². The number of anilines is 1. The SMILES string of the molecule is Cc1ccc(N(Cc2cccnc2)C(=O)C(C)C)cc1C. The van der Waals surface area contributed by atoms with Gasteiger partial charge in [-0.3, -0.25) is 9.78 Å². The lowest BCUT2D eigenvalue weighted by atomic mass is 10.1. The van der Waals surface area contributed by atoms with Crippen LogP contribution in [-0.2, 0) is 11.3 Å². The van der Waals surface area contributed by atoms with Crippen molar-refractivity contribution in [3.8, 4) is 0 Å². The van der Waals surface area contributed by atoms with E-state index in [0.717, 1.165) is 11.3 Å². The Kier molecular flexibility index (Phi) is 4.73. The van der Waals surface area contributed by atoms with E-state index in [1.807, 2.05) is 43.1 Å². The molecule has 0 unspecified atom stereocenters. The Morgan fingerprint density at radius 2 is 1.95 bits per heavy atom. The van der Waals surface area contributed by atoms with Gasteiger partial charge in [0.15, 0.2) is 0 Å². The maximum Gasteiger partial charge on any atom is 0.229 e. The van der Waals surface area contributed by atoms with E-state index in [4.69, 9.17) is 0 Å². The molecule has 3 heteroatoms. The molecule has 0 spiro atoms. The van der Waals surface area contributed by atoms with Gasteiger partial charge in [-0.25, -0.2) is 0 Å². The maximum absolute atomic E-state index is 12.5. The van der Waals surface area contributed by atoms with Crippen molar-refractivity contribution >= 4 is 11.6 Å². The lowest BCUT2D eigenvalue weighted by Crippen LogP contribution is -2.33. The highest BCUT2D eigenvalue weighted by atomic mass is 16.2. The molecule has 110 valence electrons. The predicted octanol–water partition coefficient (Wildman–Crippen LogP) is 3.89. The van der Waals surface area contributed by atoms with Gasteiger partial charge in [0.1, 0.15) is 0 Å². The normalized spacial score (nSPS) is 10.7. The molecular weight excluding hydrogens is 260 g/mol. The van der Waals surface area contributed by atoms with Gasteiger partial charge in [-0.1, -0.05) is 26.0 Å². The zero-order valence-corrected chi connectivity index (χ0v) is 13.1. The van der Waals surface area contributed by atoms with Gasteiger partial charge in [0.05, 0.1) is 6.54 Å². The third-order valence-corrected chi connectivity index (χ3v) is 3.63. The highest BCUT2D eigenvalue weighted by Crippen LogP contribution is 2.22. The van der Waals surface area contributed by atoms with Crippen LogP contribution in [-0.4, -0.2) is 10.9 Å². The van der Waals surface area contributed by atoms with E-state index in [2.05, 4.69) is 31.0 Å². The fraction of sp³-hybridized carbons (Fsp3) is 0.333. The van der Waals surface area contributed by atoms with Gasteiger partial charge in [0, 0.05) is 24.0 Å². The Morgan fingerprint density at radius 1 is 1.19 bits per heavy atom. The first-order chi connectivity index (χ1) is 9.99. The molecular formula is C18H22N2O. The van der Waals surface area contributed by atoms with Gasteiger partial charge in [0.2, 0.25) is 5.91 Å². The number of rotatable bonds is 4. The number of carbonyl (C=O) groups is 1. The summed E-state index contributed by atoms with van der Waals surface area (Å²) < 4.78 is 0. The van der Waals surface area contributed by atoms with Crippen molar-refractivity contribution < 1.29 is 4.79 Å². The average molecular weight is 282 g/mol. The average Bonchev–Trinajstić information content (AvgIpc) is 2.48. The first-order valence-electron chi connectivity index (χ1n) is 7.26. The van der Waals surface area contributed by atoms with Crippen LogP contribution >= 0.6 is 0 Å². The molecule has 0 atom stereocenters. The molecule has 1 heterocycles. The van der Waals surface area contributed by atoms with Crippen LogP contribution in [0.4, 0.5) is 5.69 Å². The van der Waals surface area contributed by atoms with Gasteiger partial charge in [-0.2, -0.15) is 0 Å². The molecule has 2 aromatic rings. The first-order valence-corrected chi connectivity index (χ1v) is 7.26. The molecule has 0 saturated carbocycles. The minimum atomic E-state index is -0.0386. The summed E-state index contributed by atoms with van der Waals surface area (Å²) in [6, 6.07) is 10.0. The van der Waals surface area contributed by atoms with Crippen LogP contribution in [0.1, 0.15) is 30.5 Å². The Morgan fingerprint density at radius 3 is 2.52 bits per heavy atom. The Bertz CT molecular complexity index is 620. The number of benzene rings is 1. The van der Waals surface area contributed by atoms with E-state index in [9.17, 15) is 4.79 Å². The second-order valence-electron chi connectivity index (χ2n) is 5.71. The van der Waals surface area contributed by atoms with E-state index >= 15 is 0 Å². The second-order valence-corrected chi connectivity index (χ2v) is 5.71. The van der Waals surface area contributed by atoms with E-state index in [1.165, 1.54) is 11.1 Å². The minimum Gasteiger partial charge on any atom is -0.308 e. The molecule has 1 aromatic heterocycles. The van der Waals surface area contributed by atoms with Gasteiger partial charge in [0.25, 0.3) is 0 Å². The molecule has 0 bridgehead atoms. The molecule has 0 radical (unpaired) electrons. The van der Waals surface area contributed by atoms with E-state index in [0.29, 0.717) is 6.54 Å².